The topological polar surface area (TPSA) is 47.1 Å². The molecule has 1 aliphatic rings. The van der Waals surface area contributed by atoms with Crippen LogP contribution in [0.2, 0.25) is 0 Å². The number of thiocarbonyl (C=S) groups is 1. The zero-order valence-corrected chi connectivity index (χ0v) is 13.5. The summed E-state index contributed by atoms with van der Waals surface area (Å²) in [6, 6.07) is 8.41. The van der Waals surface area contributed by atoms with Gasteiger partial charge in [0.15, 0.2) is 0 Å². The van der Waals surface area contributed by atoms with E-state index in [0.717, 1.165) is 38.2 Å². The summed E-state index contributed by atoms with van der Waals surface area (Å²) in [5.74, 6) is 0. The first-order valence-corrected chi connectivity index (χ1v) is 7.83. The second-order valence-electron chi connectivity index (χ2n) is 6.29. The molecule has 5 heteroatoms. The number of nitrogens with zero attached hydrogens (tertiary/aromatic N) is 3. The van der Waals surface area contributed by atoms with E-state index in [1.807, 2.05) is 11.7 Å². The smallest absolute Gasteiger partial charge is 0.0843 e. The molecule has 1 saturated heterocycles. The molecular weight excluding hydrogens is 280 g/mol. The standard InChI is InChI=1S/C16H22N4S/c1-16(15(17)21)7-9-20(10-8-16)11-13-12-5-3-4-6-14(12)19(2)18-13/h3-6H,7-11H2,1-2H3,(H2,17,21). The fourth-order valence-electron chi connectivity index (χ4n) is 3.07. The molecule has 0 atom stereocenters. The van der Waals surface area contributed by atoms with Crippen LogP contribution >= 0.6 is 12.2 Å². The minimum atomic E-state index is 0.0258. The molecule has 2 aromatic rings. The number of fused-ring (bicyclic) bond motifs is 1. The van der Waals surface area contributed by atoms with Gasteiger partial charge in [-0.05, 0) is 32.0 Å². The SMILES string of the molecule is Cn1nc(CN2CCC(C)(C(N)=S)CC2)c2ccccc21. The Morgan fingerprint density at radius 2 is 2.00 bits per heavy atom. The van der Waals surface area contributed by atoms with Gasteiger partial charge in [0.25, 0.3) is 0 Å². The van der Waals surface area contributed by atoms with Gasteiger partial charge in [-0.15, -0.1) is 0 Å². The van der Waals surface area contributed by atoms with Gasteiger partial charge in [-0.1, -0.05) is 37.3 Å². The molecule has 1 aliphatic heterocycles. The maximum atomic E-state index is 5.87. The van der Waals surface area contributed by atoms with E-state index in [-0.39, 0.29) is 5.41 Å². The zero-order valence-electron chi connectivity index (χ0n) is 12.7. The average Bonchev–Trinajstić information content (AvgIpc) is 2.79. The highest BCUT2D eigenvalue weighted by Gasteiger charge is 2.32. The second-order valence-corrected chi connectivity index (χ2v) is 6.73. The summed E-state index contributed by atoms with van der Waals surface area (Å²) in [4.78, 5) is 3.11. The first-order valence-electron chi connectivity index (χ1n) is 7.42. The van der Waals surface area contributed by atoms with Crippen LogP contribution in [0.5, 0.6) is 0 Å². The summed E-state index contributed by atoms with van der Waals surface area (Å²) >= 11 is 5.21. The van der Waals surface area contributed by atoms with Gasteiger partial charge < -0.3 is 5.73 Å². The minimum absolute atomic E-state index is 0.0258. The summed E-state index contributed by atoms with van der Waals surface area (Å²) in [7, 11) is 2.01. The molecule has 1 aromatic carbocycles. The Kier molecular flexibility index (Phi) is 3.71. The first kappa shape index (κ1) is 14.5. The molecular formula is C16H22N4S. The fourth-order valence-corrected chi connectivity index (χ4v) is 3.27. The lowest BCUT2D eigenvalue weighted by atomic mass is 9.80. The molecule has 0 saturated carbocycles. The van der Waals surface area contributed by atoms with E-state index in [2.05, 4.69) is 41.2 Å². The predicted molar refractivity (Wildman–Crippen MR) is 90.1 cm³/mol. The molecule has 0 aliphatic carbocycles. The summed E-state index contributed by atoms with van der Waals surface area (Å²) in [6.45, 7) is 5.13. The van der Waals surface area contributed by atoms with Crippen LogP contribution in [0.1, 0.15) is 25.5 Å². The van der Waals surface area contributed by atoms with Crippen LogP contribution in [0.25, 0.3) is 10.9 Å². The molecule has 1 fully saturated rings. The largest absolute Gasteiger partial charge is 0.393 e. The monoisotopic (exact) mass is 302 g/mol. The number of aryl methyl sites for hydroxylation is 1. The molecule has 2 heterocycles. The van der Waals surface area contributed by atoms with E-state index in [1.54, 1.807) is 0 Å². The van der Waals surface area contributed by atoms with Crippen molar-refractivity contribution in [2.24, 2.45) is 18.2 Å². The van der Waals surface area contributed by atoms with Crippen LogP contribution in [0, 0.1) is 5.41 Å². The first-order chi connectivity index (χ1) is 9.99. The Bertz CT molecular complexity index is 668. The van der Waals surface area contributed by atoms with Crippen molar-refractivity contribution in [3.63, 3.8) is 0 Å². The van der Waals surface area contributed by atoms with Crippen LogP contribution in [0.4, 0.5) is 0 Å². The third-order valence-electron chi connectivity index (χ3n) is 4.76. The normalized spacial score (nSPS) is 19.0. The molecule has 1 aromatic heterocycles. The maximum Gasteiger partial charge on any atom is 0.0843 e. The second kappa shape index (κ2) is 5.39. The van der Waals surface area contributed by atoms with Crippen molar-refractivity contribution in [2.75, 3.05) is 13.1 Å². The number of nitrogens with two attached hydrogens (primary N) is 1. The quantitative estimate of drug-likeness (QED) is 0.885. The third-order valence-corrected chi connectivity index (χ3v) is 5.25. The molecule has 21 heavy (non-hydrogen) atoms. The van der Waals surface area contributed by atoms with Gasteiger partial charge in [0.2, 0.25) is 0 Å². The lowest BCUT2D eigenvalue weighted by molar-refractivity contribution is 0.156. The number of aromatic nitrogens is 2. The van der Waals surface area contributed by atoms with E-state index in [1.165, 1.54) is 10.9 Å². The third kappa shape index (κ3) is 2.68. The van der Waals surface area contributed by atoms with Crippen LogP contribution < -0.4 is 5.73 Å². The average molecular weight is 302 g/mol. The fraction of sp³-hybridized carbons (Fsp3) is 0.500. The molecule has 0 amide bonds. The molecule has 2 N–H and O–H groups in total. The van der Waals surface area contributed by atoms with Crippen molar-refractivity contribution in [2.45, 2.75) is 26.3 Å². The van der Waals surface area contributed by atoms with E-state index in [9.17, 15) is 0 Å². The lowest BCUT2D eigenvalue weighted by Crippen LogP contribution is -2.44. The van der Waals surface area contributed by atoms with E-state index >= 15 is 0 Å². The summed E-state index contributed by atoms with van der Waals surface area (Å²) in [6.07, 6.45) is 2.07. The van der Waals surface area contributed by atoms with Gasteiger partial charge in [0, 0.05) is 24.4 Å². The van der Waals surface area contributed by atoms with Gasteiger partial charge in [-0.2, -0.15) is 5.10 Å². The van der Waals surface area contributed by atoms with Gasteiger partial charge >= 0.3 is 0 Å². The Labute approximate surface area is 130 Å². The molecule has 0 spiro atoms. The predicted octanol–water partition coefficient (Wildman–Crippen LogP) is 2.46. The van der Waals surface area contributed by atoms with Gasteiger partial charge in [0.1, 0.15) is 0 Å². The maximum absolute atomic E-state index is 5.87. The van der Waals surface area contributed by atoms with Crippen LogP contribution in [0.15, 0.2) is 24.3 Å². The number of piperidine rings is 1. The zero-order chi connectivity index (χ0) is 15.0. The molecule has 4 nitrogen and oxygen atoms in total. The summed E-state index contributed by atoms with van der Waals surface area (Å²) in [5.41, 5.74) is 8.25. The molecule has 112 valence electrons. The van der Waals surface area contributed by atoms with Crippen molar-refractivity contribution in [1.82, 2.24) is 14.7 Å². The highest BCUT2D eigenvalue weighted by atomic mass is 32.1. The Balaban J connectivity index is 1.74. The van der Waals surface area contributed by atoms with E-state index in [0.29, 0.717) is 4.99 Å². The van der Waals surface area contributed by atoms with Crippen molar-refractivity contribution >= 4 is 28.1 Å². The number of benzene rings is 1. The number of rotatable bonds is 3. The molecule has 0 radical (unpaired) electrons. The van der Waals surface area contributed by atoms with E-state index < -0.39 is 0 Å². The highest BCUT2D eigenvalue weighted by molar-refractivity contribution is 7.80. The van der Waals surface area contributed by atoms with Crippen LogP contribution in [0.3, 0.4) is 0 Å². The number of hydrogen-bond donors (Lipinski definition) is 1. The van der Waals surface area contributed by atoms with Crippen molar-refractivity contribution in [3.8, 4) is 0 Å². The number of likely N-dealkylation sites (tertiary alicyclic amines) is 1. The van der Waals surface area contributed by atoms with Crippen molar-refractivity contribution in [3.05, 3.63) is 30.0 Å². The minimum Gasteiger partial charge on any atom is -0.393 e. The number of para-hydroxylation sites is 1. The number of hydrogen-bond acceptors (Lipinski definition) is 3. The van der Waals surface area contributed by atoms with Gasteiger partial charge in [-0.25, -0.2) is 0 Å². The Hall–Kier alpha value is -1.46. The van der Waals surface area contributed by atoms with Gasteiger partial charge in [-0.3, -0.25) is 9.58 Å². The van der Waals surface area contributed by atoms with Crippen molar-refractivity contribution < 1.29 is 0 Å². The summed E-state index contributed by atoms with van der Waals surface area (Å²) < 4.78 is 1.97. The molecule has 0 unspecified atom stereocenters. The molecule has 3 rings (SSSR count). The van der Waals surface area contributed by atoms with Crippen LogP contribution in [-0.4, -0.2) is 32.8 Å². The lowest BCUT2D eigenvalue weighted by Gasteiger charge is -2.38. The van der Waals surface area contributed by atoms with Crippen molar-refractivity contribution in [1.29, 1.82) is 0 Å². The van der Waals surface area contributed by atoms with Crippen LogP contribution in [-0.2, 0) is 13.6 Å². The summed E-state index contributed by atoms with van der Waals surface area (Å²) in [5, 5.41) is 5.93. The Morgan fingerprint density at radius 3 is 2.67 bits per heavy atom. The highest BCUT2D eigenvalue weighted by Crippen LogP contribution is 2.32. The van der Waals surface area contributed by atoms with Gasteiger partial charge in [0.05, 0.1) is 16.2 Å². The molecule has 0 bridgehead atoms. The van der Waals surface area contributed by atoms with E-state index in [4.69, 9.17) is 18.0 Å². The Morgan fingerprint density at radius 1 is 1.33 bits per heavy atom.